The average molecular weight is 600 g/mol. The topological polar surface area (TPSA) is 86.8 Å². The highest BCUT2D eigenvalue weighted by atomic mass is 127. The van der Waals surface area contributed by atoms with Gasteiger partial charge in [0, 0.05) is 16.7 Å². The number of rotatable bonds is 12. The fourth-order valence-corrected chi connectivity index (χ4v) is 4.75. The molecule has 1 N–H and O–H groups in total. The highest BCUT2D eigenvalue weighted by Gasteiger charge is 2.31. The molecule has 2 aromatic rings. The van der Waals surface area contributed by atoms with Gasteiger partial charge in [-0.15, -0.1) is 0 Å². The van der Waals surface area contributed by atoms with E-state index in [0.717, 1.165) is 19.7 Å². The average Bonchev–Trinajstić information content (AvgIpc) is 2.79. The molecule has 0 aliphatic heterocycles. The number of nitrogens with zero attached hydrogens (tertiary/aromatic N) is 2. The van der Waals surface area contributed by atoms with Crippen LogP contribution >= 0.6 is 22.6 Å². The summed E-state index contributed by atoms with van der Waals surface area (Å²) in [5.74, 6) is -0.360. The monoisotopic (exact) mass is 599 g/mol. The van der Waals surface area contributed by atoms with E-state index in [-0.39, 0.29) is 18.4 Å². The summed E-state index contributed by atoms with van der Waals surface area (Å²) in [6.45, 7) is 6.31. The Kier molecular flexibility index (Phi) is 10.8. The summed E-state index contributed by atoms with van der Waals surface area (Å²) in [7, 11) is -3.72. The lowest BCUT2D eigenvalue weighted by Crippen LogP contribution is -2.53. The van der Waals surface area contributed by atoms with Crippen molar-refractivity contribution < 1.29 is 18.0 Å². The third kappa shape index (κ3) is 8.57. The predicted molar refractivity (Wildman–Crippen MR) is 145 cm³/mol. The Hall–Kier alpha value is -2.14. The molecular formula is C25H34IN3O4S. The van der Waals surface area contributed by atoms with Crippen LogP contribution in [0.15, 0.2) is 54.6 Å². The van der Waals surface area contributed by atoms with Crippen molar-refractivity contribution >= 4 is 50.1 Å². The van der Waals surface area contributed by atoms with Gasteiger partial charge in [-0.2, -0.15) is 0 Å². The van der Waals surface area contributed by atoms with Crippen LogP contribution in [0.25, 0.3) is 0 Å². The van der Waals surface area contributed by atoms with Crippen molar-refractivity contribution in [1.29, 1.82) is 0 Å². The Labute approximate surface area is 217 Å². The minimum Gasteiger partial charge on any atom is -0.354 e. The lowest BCUT2D eigenvalue weighted by atomic mass is 10.1. The zero-order valence-electron chi connectivity index (χ0n) is 20.2. The fourth-order valence-electron chi connectivity index (χ4n) is 3.54. The maximum atomic E-state index is 13.5. The molecule has 9 heteroatoms. The molecule has 0 radical (unpaired) electrons. The molecule has 2 aromatic carbocycles. The molecule has 0 bridgehead atoms. The molecule has 0 fully saturated rings. The second-order valence-electron chi connectivity index (χ2n) is 8.63. The van der Waals surface area contributed by atoms with Crippen molar-refractivity contribution in [1.82, 2.24) is 10.2 Å². The third-order valence-corrected chi connectivity index (χ3v) is 7.21. The molecule has 0 saturated heterocycles. The minimum atomic E-state index is -3.72. The molecule has 0 unspecified atom stereocenters. The first-order valence-corrected chi connectivity index (χ1v) is 14.3. The van der Waals surface area contributed by atoms with Crippen molar-refractivity contribution in [2.45, 2.75) is 39.7 Å². The molecule has 2 rings (SSSR count). The van der Waals surface area contributed by atoms with Crippen LogP contribution in [0.2, 0.25) is 0 Å². The van der Waals surface area contributed by atoms with Gasteiger partial charge in [-0.05, 0) is 71.2 Å². The molecule has 7 nitrogen and oxygen atoms in total. The number of amides is 2. The number of sulfonamides is 1. The summed E-state index contributed by atoms with van der Waals surface area (Å²) in [4.78, 5) is 28.1. The Bertz CT molecular complexity index is 1040. The van der Waals surface area contributed by atoms with Crippen LogP contribution in [0.5, 0.6) is 0 Å². The summed E-state index contributed by atoms with van der Waals surface area (Å²) in [5, 5.41) is 2.92. The Morgan fingerprint density at radius 1 is 1.03 bits per heavy atom. The van der Waals surface area contributed by atoms with E-state index >= 15 is 0 Å². The molecule has 34 heavy (non-hydrogen) atoms. The van der Waals surface area contributed by atoms with Crippen molar-refractivity contribution in [2.75, 3.05) is 30.2 Å². The first-order chi connectivity index (χ1) is 16.0. The second kappa shape index (κ2) is 13.1. The first-order valence-electron chi connectivity index (χ1n) is 11.4. The molecule has 2 amide bonds. The number of anilines is 1. The quantitative estimate of drug-likeness (QED) is 0.378. The van der Waals surface area contributed by atoms with E-state index < -0.39 is 22.0 Å². The van der Waals surface area contributed by atoms with Crippen molar-refractivity contribution in [3.8, 4) is 0 Å². The molecule has 0 aliphatic carbocycles. The van der Waals surface area contributed by atoms with E-state index in [1.807, 2.05) is 51.1 Å². The third-order valence-electron chi connectivity index (χ3n) is 5.35. The van der Waals surface area contributed by atoms with Crippen LogP contribution < -0.4 is 9.62 Å². The summed E-state index contributed by atoms with van der Waals surface area (Å²) >= 11 is 2.14. The Balaban J connectivity index is 2.32. The molecule has 1 atom stereocenters. The highest BCUT2D eigenvalue weighted by molar-refractivity contribution is 14.1. The minimum absolute atomic E-state index is 0.224. The number of nitrogens with one attached hydrogen (secondary N) is 1. The number of hydrogen-bond acceptors (Lipinski definition) is 4. The zero-order chi connectivity index (χ0) is 25.3. The molecule has 0 saturated carbocycles. The maximum Gasteiger partial charge on any atom is 0.244 e. The Morgan fingerprint density at radius 2 is 1.65 bits per heavy atom. The van der Waals surface area contributed by atoms with E-state index in [2.05, 4.69) is 27.9 Å². The van der Waals surface area contributed by atoms with Crippen LogP contribution in [0.3, 0.4) is 0 Å². The van der Waals surface area contributed by atoms with Gasteiger partial charge in [-0.25, -0.2) is 8.42 Å². The van der Waals surface area contributed by atoms with Crippen LogP contribution in [-0.4, -0.2) is 57.1 Å². The number of halogens is 1. The van der Waals surface area contributed by atoms with Gasteiger partial charge in [0.15, 0.2) is 0 Å². The predicted octanol–water partition coefficient (Wildman–Crippen LogP) is 3.68. The highest BCUT2D eigenvalue weighted by Crippen LogP contribution is 2.20. The van der Waals surface area contributed by atoms with Crippen molar-refractivity contribution in [3.05, 3.63) is 63.7 Å². The van der Waals surface area contributed by atoms with Crippen LogP contribution in [0.4, 0.5) is 5.69 Å². The summed E-state index contributed by atoms with van der Waals surface area (Å²) in [6, 6.07) is 16.0. The van der Waals surface area contributed by atoms with Gasteiger partial charge in [0.2, 0.25) is 21.8 Å². The number of benzene rings is 2. The number of carbonyl (C=O) groups is 2. The Morgan fingerprint density at radius 3 is 2.18 bits per heavy atom. The van der Waals surface area contributed by atoms with Crippen molar-refractivity contribution in [3.63, 3.8) is 0 Å². The molecule has 186 valence electrons. The van der Waals surface area contributed by atoms with Gasteiger partial charge in [-0.3, -0.25) is 13.9 Å². The van der Waals surface area contributed by atoms with Gasteiger partial charge < -0.3 is 10.2 Å². The zero-order valence-corrected chi connectivity index (χ0v) is 23.2. The molecule has 0 aromatic heterocycles. The summed E-state index contributed by atoms with van der Waals surface area (Å²) in [6.07, 6.45) is 2.06. The van der Waals surface area contributed by atoms with E-state index in [9.17, 15) is 18.0 Å². The second-order valence-corrected chi connectivity index (χ2v) is 11.8. The van der Waals surface area contributed by atoms with Crippen LogP contribution in [0.1, 0.15) is 32.8 Å². The molecule has 0 aliphatic rings. The first kappa shape index (κ1) is 28.1. The molecular weight excluding hydrogens is 565 g/mol. The lowest BCUT2D eigenvalue weighted by molar-refractivity contribution is -0.139. The van der Waals surface area contributed by atoms with Gasteiger partial charge >= 0.3 is 0 Å². The molecule has 0 heterocycles. The van der Waals surface area contributed by atoms with E-state index in [1.54, 1.807) is 24.3 Å². The number of carbonyl (C=O) groups excluding carboxylic acids is 2. The smallest absolute Gasteiger partial charge is 0.244 e. The van der Waals surface area contributed by atoms with E-state index in [4.69, 9.17) is 0 Å². The molecule has 0 spiro atoms. The summed E-state index contributed by atoms with van der Waals surface area (Å²) < 4.78 is 27.2. The fraction of sp³-hybridized carbons (Fsp3) is 0.440. The van der Waals surface area contributed by atoms with Gasteiger partial charge in [0.25, 0.3) is 0 Å². The van der Waals surface area contributed by atoms with Gasteiger partial charge in [0.05, 0.1) is 11.9 Å². The number of hydrogen-bond donors (Lipinski definition) is 1. The normalized spacial score (nSPS) is 12.3. The standard InChI is InChI=1S/C25H34IN3O4S/c1-5-23(25(31)27-17-19(2)3)28(16-15-20-9-7-6-8-10-20)24(30)18-29(34(4,32)33)22-13-11-21(26)12-14-22/h6-14,19,23H,5,15-18H2,1-4H3,(H,27,31)/t23-/m1/s1. The van der Waals surface area contributed by atoms with Gasteiger partial charge in [0.1, 0.15) is 12.6 Å². The maximum absolute atomic E-state index is 13.5. The van der Waals surface area contributed by atoms with Crippen LogP contribution in [-0.2, 0) is 26.0 Å². The summed E-state index contributed by atoms with van der Waals surface area (Å²) in [5.41, 5.74) is 1.45. The van der Waals surface area contributed by atoms with Gasteiger partial charge in [-0.1, -0.05) is 51.1 Å². The lowest BCUT2D eigenvalue weighted by Gasteiger charge is -2.33. The van der Waals surface area contributed by atoms with Crippen molar-refractivity contribution in [2.24, 2.45) is 5.92 Å². The van der Waals surface area contributed by atoms with Crippen LogP contribution in [0, 0.1) is 9.49 Å². The largest absolute Gasteiger partial charge is 0.354 e. The van der Waals surface area contributed by atoms with E-state index in [1.165, 1.54) is 4.90 Å². The van der Waals surface area contributed by atoms with E-state index in [0.29, 0.717) is 31.6 Å². The SMILES string of the molecule is CC[C@H](C(=O)NCC(C)C)N(CCc1ccccc1)C(=O)CN(c1ccc(I)cc1)S(C)(=O)=O.